The molecule has 0 bridgehead atoms. The van der Waals surface area contributed by atoms with E-state index < -0.39 is 27.5 Å². The van der Waals surface area contributed by atoms with E-state index in [9.17, 15) is 17.2 Å². The quantitative estimate of drug-likeness (QED) is 0.683. The molecule has 1 atom stereocenters. The van der Waals surface area contributed by atoms with Gasteiger partial charge in [0.05, 0.1) is 10.6 Å². The molecule has 82 valence electrons. The lowest BCUT2D eigenvalue weighted by molar-refractivity contribution is 0.495. The Balaban J connectivity index is 2.74. The summed E-state index contributed by atoms with van der Waals surface area (Å²) in [4.78, 5) is -0.180. The van der Waals surface area contributed by atoms with E-state index in [4.69, 9.17) is 5.73 Å². The molecule has 0 saturated carbocycles. The Morgan fingerprint density at radius 3 is 2.53 bits per heavy atom. The highest BCUT2D eigenvalue weighted by molar-refractivity contribution is 7.91. The molecule has 15 heavy (non-hydrogen) atoms. The van der Waals surface area contributed by atoms with Crippen LogP contribution in [0.15, 0.2) is 17.0 Å². The van der Waals surface area contributed by atoms with Gasteiger partial charge in [-0.05, 0) is 24.1 Å². The molecule has 0 aliphatic carbocycles. The first-order chi connectivity index (χ1) is 6.92. The molecule has 1 aromatic carbocycles. The summed E-state index contributed by atoms with van der Waals surface area (Å²) in [6.07, 6.45) is 0.237. The number of halogens is 2. The molecule has 1 aliphatic rings. The largest absolute Gasteiger partial charge is 0.324 e. The Morgan fingerprint density at radius 2 is 1.87 bits per heavy atom. The minimum absolute atomic E-state index is 0.119. The summed E-state index contributed by atoms with van der Waals surface area (Å²) in [5.41, 5.74) is 5.80. The minimum atomic E-state index is -3.50. The van der Waals surface area contributed by atoms with Gasteiger partial charge in [-0.25, -0.2) is 17.2 Å². The summed E-state index contributed by atoms with van der Waals surface area (Å²) < 4.78 is 48.9. The Bertz CT molecular complexity index is 513. The van der Waals surface area contributed by atoms with Crippen LogP contribution in [0, 0.1) is 11.6 Å². The summed E-state index contributed by atoms with van der Waals surface area (Å²) in [6.45, 7) is 0. The van der Waals surface area contributed by atoms with Crippen LogP contribution in [-0.2, 0) is 9.84 Å². The summed E-state index contributed by atoms with van der Waals surface area (Å²) in [7, 11) is -3.50. The summed E-state index contributed by atoms with van der Waals surface area (Å²) >= 11 is 0. The number of nitrogens with two attached hydrogens (primary N) is 1. The zero-order valence-electron chi connectivity index (χ0n) is 7.70. The highest BCUT2D eigenvalue weighted by atomic mass is 32.2. The molecule has 0 fully saturated rings. The zero-order chi connectivity index (χ0) is 11.2. The maximum Gasteiger partial charge on any atom is 0.178 e. The Labute approximate surface area is 85.8 Å². The fourth-order valence-corrected chi connectivity index (χ4v) is 3.29. The molecule has 0 spiro atoms. The molecule has 1 unspecified atom stereocenters. The number of benzene rings is 1. The van der Waals surface area contributed by atoms with Crippen LogP contribution >= 0.6 is 0 Å². The van der Waals surface area contributed by atoms with Crippen LogP contribution in [0.1, 0.15) is 18.0 Å². The number of hydrogen-bond donors (Lipinski definition) is 1. The second-order valence-electron chi connectivity index (χ2n) is 3.52. The van der Waals surface area contributed by atoms with Gasteiger partial charge in [-0.1, -0.05) is 0 Å². The first-order valence-corrected chi connectivity index (χ1v) is 6.04. The molecule has 3 nitrogen and oxygen atoms in total. The van der Waals surface area contributed by atoms with E-state index in [1.807, 2.05) is 0 Å². The molecule has 2 rings (SSSR count). The Kier molecular flexibility index (Phi) is 2.27. The molecule has 1 heterocycles. The van der Waals surface area contributed by atoms with Gasteiger partial charge in [0.25, 0.3) is 0 Å². The van der Waals surface area contributed by atoms with Crippen molar-refractivity contribution in [2.24, 2.45) is 5.73 Å². The third-order valence-corrected chi connectivity index (χ3v) is 4.28. The average molecular weight is 233 g/mol. The van der Waals surface area contributed by atoms with Crippen molar-refractivity contribution in [3.63, 3.8) is 0 Å². The van der Waals surface area contributed by atoms with E-state index in [0.29, 0.717) is 6.07 Å². The van der Waals surface area contributed by atoms with Gasteiger partial charge in [0.15, 0.2) is 21.5 Å². The van der Waals surface area contributed by atoms with Crippen molar-refractivity contribution < 1.29 is 17.2 Å². The summed E-state index contributed by atoms with van der Waals surface area (Å²) in [5.74, 6) is -2.35. The molecular formula is C9H9F2NO2S. The van der Waals surface area contributed by atoms with Gasteiger partial charge in [0.1, 0.15) is 0 Å². The lowest BCUT2D eigenvalue weighted by Gasteiger charge is -2.22. The number of rotatable bonds is 0. The van der Waals surface area contributed by atoms with Crippen molar-refractivity contribution in [3.05, 3.63) is 29.3 Å². The molecule has 1 aliphatic heterocycles. The normalized spacial score (nSPS) is 23.5. The van der Waals surface area contributed by atoms with Crippen molar-refractivity contribution in [1.29, 1.82) is 0 Å². The standard InChI is InChI=1S/C9H9F2NO2S/c10-6-3-5-8(12)1-2-15(13,14)9(5)4-7(6)11/h3-4,8H,1-2,12H2. The predicted molar refractivity (Wildman–Crippen MR) is 50.0 cm³/mol. The van der Waals surface area contributed by atoms with Crippen LogP contribution < -0.4 is 5.73 Å². The lowest BCUT2D eigenvalue weighted by Crippen LogP contribution is -2.25. The van der Waals surface area contributed by atoms with Crippen molar-refractivity contribution >= 4 is 9.84 Å². The molecule has 2 N–H and O–H groups in total. The Morgan fingerprint density at radius 1 is 1.27 bits per heavy atom. The van der Waals surface area contributed by atoms with Gasteiger partial charge in [-0.15, -0.1) is 0 Å². The molecule has 0 aromatic heterocycles. The molecule has 0 amide bonds. The van der Waals surface area contributed by atoms with Crippen LogP contribution in [-0.4, -0.2) is 14.2 Å². The third-order valence-electron chi connectivity index (χ3n) is 2.48. The highest BCUT2D eigenvalue weighted by Crippen LogP contribution is 2.31. The van der Waals surface area contributed by atoms with Crippen molar-refractivity contribution in [1.82, 2.24) is 0 Å². The van der Waals surface area contributed by atoms with Gasteiger partial charge < -0.3 is 5.73 Å². The predicted octanol–water partition coefficient (Wildman–Crippen LogP) is 1.14. The minimum Gasteiger partial charge on any atom is -0.324 e. The first kappa shape index (κ1) is 10.5. The smallest absolute Gasteiger partial charge is 0.178 e. The van der Waals surface area contributed by atoms with Crippen LogP contribution in [0.25, 0.3) is 0 Å². The molecular weight excluding hydrogens is 224 g/mol. The Hall–Kier alpha value is -1.01. The maximum absolute atomic E-state index is 12.9. The fraction of sp³-hybridized carbons (Fsp3) is 0.333. The molecule has 0 radical (unpaired) electrons. The van der Waals surface area contributed by atoms with Gasteiger partial charge in [0, 0.05) is 6.04 Å². The topological polar surface area (TPSA) is 60.2 Å². The monoisotopic (exact) mass is 233 g/mol. The van der Waals surface area contributed by atoms with Gasteiger partial charge >= 0.3 is 0 Å². The lowest BCUT2D eigenvalue weighted by atomic mass is 10.0. The van der Waals surface area contributed by atoms with E-state index in [1.165, 1.54) is 0 Å². The van der Waals surface area contributed by atoms with Crippen molar-refractivity contribution in [2.45, 2.75) is 17.4 Å². The zero-order valence-corrected chi connectivity index (χ0v) is 8.52. The second-order valence-corrected chi connectivity index (χ2v) is 5.60. The number of sulfone groups is 1. The SMILES string of the molecule is NC1CCS(=O)(=O)c2cc(F)c(F)cc21. The third kappa shape index (κ3) is 1.63. The van der Waals surface area contributed by atoms with Gasteiger partial charge in [-0.3, -0.25) is 0 Å². The van der Waals surface area contributed by atoms with E-state index in [0.717, 1.165) is 6.07 Å². The second kappa shape index (κ2) is 3.24. The molecule has 6 heteroatoms. The van der Waals surface area contributed by atoms with Crippen molar-refractivity contribution in [3.8, 4) is 0 Å². The van der Waals surface area contributed by atoms with Gasteiger partial charge in [-0.2, -0.15) is 0 Å². The van der Waals surface area contributed by atoms with Crippen LogP contribution in [0.3, 0.4) is 0 Å². The van der Waals surface area contributed by atoms with E-state index >= 15 is 0 Å². The van der Waals surface area contributed by atoms with Crippen LogP contribution in [0.4, 0.5) is 8.78 Å². The molecule has 0 saturated heterocycles. The summed E-state index contributed by atoms with van der Waals surface area (Å²) in [5, 5.41) is 0. The van der Waals surface area contributed by atoms with Gasteiger partial charge in [0.2, 0.25) is 0 Å². The number of hydrogen-bond acceptors (Lipinski definition) is 3. The average Bonchev–Trinajstić information content (AvgIpc) is 2.16. The van der Waals surface area contributed by atoms with Crippen LogP contribution in [0.2, 0.25) is 0 Å². The summed E-state index contributed by atoms with van der Waals surface area (Å²) in [6, 6.07) is 1.03. The fourth-order valence-electron chi connectivity index (χ4n) is 1.65. The van der Waals surface area contributed by atoms with E-state index in [1.54, 1.807) is 0 Å². The maximum atomic E-state index is 12.9. The van der Waals surface area contributed by atoms with E-state index in [-0.39, 0.29) is 22.6 Å². The van der Waals surface area contributed by atoms with Crippen molar-refractivity contribution in [2.75, 3.05) is 5.75 Å². The first-order valence-electron chi connectivity index (χ1n) is 4.39. The molecule has 1 aromatic rings. The van der Waals surface area contributed by atoms with Crippen LogP contribution in [0.5, 0.6) is 0 Å². The highest BCUT2D eigenvalue weighted by Gasteiger charge is 2.29. The number of fused-ring (bicyclic) bond motifs is 1. The van der Waals surface area contributed by atoms with E-state index in [2.05, 4.69) is 0 Å².